The van der Waals surface area contributed by atoms with Crippen LogP contribution in [0.25, 0.3) is 0 Å². The fraction of sp³-hybridized carbons (Fsp3) is 0.125. The molecule has 1 rings (SSSR count). The van der Waals surface area contributed by atoms with E-state index in [1.165, 1.54) is 0 Å². The van der Waals surface area contributed by atoms with E-state index in [0.717, 1.165) is 12.1 Å². The molecule has 94 valence electrons. The van der Waals surface area contributed by atoms with Crippen molar-refractivity contribution in [3.8, 4) is 5.75 Å². The monoisotopic (exact) mass is 269 g/mol. The molecule has 2 N–H and O–H groups in total. The molecule has 9 heteroatoms. The predicted octanol–water partition coefficient (Wildman–Crippen LogP) is 1.05. The second kappa shape index (κ2) is 4.34. The molecule has 1 aromatic carbocycles. The minimum absolute atomic E-state index is 0.164. The number of aldehydes is 1. The Balaban J connectivity index is 3.28. The van der Waals surface area contributed by atoms with Gasteiger partial charge >= 0.3 is 6.36 Å². The number of benzene rings is 1. The zero-order valence-electron chi connectivity index (χ0n) is 8.06. The number of primary sulfonamides is 1. The number of halogens is 3. The summed E-state index contributed by atoms with van der Waals surface area (Å²) in [7, 11) is -4.30. The van der Waals surface area contributed by atoms with Gasteiger partial charge in [-0.2, -0.15) is 0 Å². The Kier molecular flexibility index (Phi) is 3.43. The number of carbonyl (C=O) groups excluding carboxylic acids is 1. The summed E-state index contributed by atoms with van der Waals surface area (Å²) >= 11 is 0. The Bertz CT molecular complexity index is 538. The van der Waals surface area contributed by atoms with Crippen LogP contribution in [0.15, 0.2) is 23.1 Å². The second-order valence-electron chi connectivity index (χ2n) is 2.91. The smallest absolute Gasteiger partial charge is 0.406 e. The molecule has 0 heterocycles. The summed E-state index contributed by atoms with van der Waals surface area (Å²) in [5.41, 5.74) is -0.345. The summed E-state index contributed by atoms with van der Waals surface area (Å²) in [4.78, 5) is 9.76. The maximum atomic E-state index is 11.9. The van der Waals surface area contributed by atoms with Gasteiger partial charge in [-0.15, -0.1) is 13.2 Å². The van der Waals surface area contributed by atoms with Crippen molar-refractivity contribution >= 4 is 16.3 Å². The van der Waals surface area contributed by atoms with Crippen molar-refractivity contribution in [2.75, 3.05) is 0 Å². The van der Waals surface area contributed by atoms with Gasteiger partial charge in [-0.25, -0.2) is 13.6 Å². The number of rotatable bonds is 3. The minimum Gasteiger partial charge on any atom is -0.406 e. The Morgan fingerprint density at radius 3 is 2.29 bits per heavy atom. The lowest BCUT2D eigenvalue weighted by molar-refractivity contribution is -0.274. The fourth-order valence-electron chi connectivity index (χ4n) is 1.06. The highest BCUT2D eigenvalue weighted by molar-refractivity contribution is 7.89. The number of alkyl halides is 3. The molecule has 0 aliphatic rings. The van der Waals surface area contributed by atoms with Gasteiger partial charge in [0.25, 0.3) is 0 Å². The lowest BCUT2D eigenvalue weighted by atomic mass is 10.2. The van der Waals surface area contributed by atoms with Crippen LogP contribution in [0.4, 0.5) is 13.2 Å². The van der Waals surface area contributed by atoms with E-state index in [0.29, 0.717) is 6.07 Å². The van der Waals surface area contributed by atoms with E-state index in [2.05, 4.69) is 4.74 Å². The van der Waals surface area contributed by atoms with Crippen molar-refractivity contribution in [1.82, 2.24) is 0 Å². The van der Waals surface area contributed by atoms with Crippen molar-refractivity contribution < 1.29 is 31.1 Å². The Morgan fingerprint density at radius 2 is 1.88 bits per heavy atom. The van der Waals surface area contributed by atoms with Crippen molar-refractivity contribution in [2.45, 2.75) is 11.3 Å². The average molecular weight is 269 g/mol. The molecule has 1 aromatic rings. The summed E-state index contributed by atoms with van der Waals surface area (Å²) in [5, 5.41) is 4.74. The number of sulfonamides is 1. The molecule has 0 amide bonds. The zero-order chi connectivity index (χ0) is 13.3. The Hall–Kier alpha value is -1.61. The Labute approximate surface area is 94.0 Å². The first-order valence-electron chi connectivity index (χ1n) is 4.01. The summed E-state index contributed by atoms with van der Waals surface area (Å²) in [6.07, 6.45) is -4.80. The highest BCUT2D eigenvalue weighted by Gasteiger charge is 2.31. The molecule has 0 aliphatic heterocycles. The third-order valence-electron chi connectivity index (χ3n) is 1.65. The number of carbonyl (C=O) groups is 1. The summed E-state index contributed by atoms with van der Waals surface area (Å²) in [6.45, 7) is 0. The number of nitrogens with two attached hydrogens (primary N) is 1. The van der Waals surface area contributed by atoms with Crippen molar-refractivity contribution in [3.05, 3.63) is 23.8 Å². The molecule has 0 radical (unpaired) electrons. The van der Waals surface area contributed by atoms with Gasteiger partial charge in [-0.3, -0.25) is 4.79 Å². The van der Waals surface area contributed by atoms with E-state index in [9.17, 15) is 26.4 Å². The normalized spacial score (nSPS) is 12.2. The third kappa shape index (κ3) is 3.71. The Morgan fingerprint density at radius 1 is 1.29 bits per heavy atom. The van der Waals surface area contributed by atoms with Gasteiger partial charge in [0.05, 0.1) is 4.90 Å². The molecule has 0 unspecified atom stereocenters. The van der Waals surface area contributed by atoms with Crippen LogP contribution in [0.5, 0.6) is 5.75 Å². The van der Waals surface area contributed by atoms with E-state index in [1.54, 1.807) is 0 Å². The van der Waals surface area contributed by atoms with E-state index in [4.69, 9.17) is 5.14 Å². The van der Waals surface area contributed by atoms with E-state index < -0.39 is 27.0 Å². The molecular weight excluding hydrogens is 263 g/mol. The molecule has 17 heavy (non-hydrogen) atoms. The van der Waals surface area contributed by atoms with Crippen LogP contribution in [-0.2, 0) is 10.0 Å². The van der Waals surface area contributed by atoms with E-state index in [-0.39, 0.29) is 11.8 Å². The minimum atomic E-state index is -4.96. The zero-order valence-corrected chi connectivity index (χ0v) is 8.88. The van der Waals surface area contributed by atoms with Crippen molar-refractivity contribution in [1.29, 1.82) is 0 Å². The van der Waals surface area contributed by atoms with Crippen molar-refractivity contribution in [3.63, 3.8) is 0 Å². The van der Waals surface area contributed by atoms with Crippen LogP contribution in [-0.4, -0.2) is 21.1 Å². The molecule has 0 spiro atoms. The van der Waals surface area contributed by atoms with Gasteiger partial charge in [-0.1, -0.05) is 0 Å². The largest absolute Gasteiger partial charge is 0.573 e. The number of hydrogen-bond acceptors (Lipinski definition) is 4. The van der Waals surface area contributed by atoms with Crippen LogP contribution < -0.4 is 9.88 Å². The van der Waals surface area contributed by atoms with Crippen LogP contribution in [0, 0.1) is 0 Å². The SMILES string of the molecule is NS(=O)(=O)c1cc(OC(F)(F)F)ccc1C=O. The molecule has 0 atom stereocenters. The molecule has 0 saturated heterocycles. The molecule has 0 bridgehead atoms. The first kappa shape index (κ1) is 13.5. The lowest BCUT2D eigenvalue weighted by Crippen LogP contribution is -2.19. The van der Waals surface area contributed by atoms with Gasteiger partial charge in [0.2, 0.25) is 10.0 Å². The topological polar surface area (TPSA) is 86.5 Å². The van der Waals surface area contributed by atoms with E-state index >= 15 is 0 Å². The molecule has 0 aromatic heterocycles. The molecular formula is C8H6F3NO4S. The molecule has 5 nitrogen and oxygen atoms in total. The molecule has 0 saturated carbocycles. The molecule has 0 aliphatic carbocycles. The first-order valence-corrected chi connectivity index (χ1v) is 5.56. The number of hydrogen-bond donors (Lipinski definition) is 1. The maximum Gasteiger partial charge on any atom is 0.573 e. The third-order valence-corrected chi connectivity index (χ3v) is 2.62. The summed E-state index contributed by atoms with van der Waals surface area (Å²) in [5.74, 6) is -0.771. The number of ether oxygens (including phenoxy) is 1. The van der Waals surface area contributed by atoms with Crippen LogP contribution in [0.1, 0.15) is 10.4 Å². The lowest BCUT2D eigenvalue weighted by Gasteiger charge is -2.10. The van der Waals surface area contributed by atoms with Gasteiger partial charge < -0.3 is 4.74 Å². The van der Waals surface area contributed by atoms with Crippen molar-refractivity contribution in [2.24, 2.45) is 5.14 Å². The summed E-state index contributed by atoms with van der Waals surface area (Å²) < 4.78 is 61.2. The predicted molar refractivity (Wildman–Crippen MR) is 49.9 cm³/mol. The van der Waals surface area contributed by atoms with E-state index in [1.807, 2.05) is 0 Å². The standard InChI is InChI=1S/C8H6F3NO4S/c9-8(10,11)16-6-2-1-5(4-13)7(3-6)17(12,14)15/h1-4H,(H2,12,14,15). The van der Waals surface area contributed by atoms with Crippen LogP contribution in [0.2, 0.25) is 0 Å². The highest BCUT2D eigenvalue weighted by atomic mass is 32.2. The maximum absolute atomic E-state index is 11.9. The van der Waals surface area contributed by atoms with Gasteiger partial charge in [0.1, 0.15) is 5.75 Å². The summed E-state index contributed by atoms with van der Waals surface area (Å²) in [6, 6.07) is 2.21. The van der Waals surface area contributed by atoms with Crippen LogP contribution >= 0.6 is 0 Å². The van der Waals surface area contributed by atoms with Crippen LogP contribution in [0.3, 0.4) is 0 Å². The van der Waals surface area contributed by atoms with Gasteiger partial charge in [0.15, 0.2) is 6.29 Å². The quantitative estimate of drug-likeness (QED) is 0.831. The first-order chi connectivity index (χ1) is 7.63. The fourth-order valence-corrected chi connectivity index (χ4v) is 1.78. The van der Waals surface area contributed by atoms with Gasteiger partial charge in [0, 0.05) is 11.6 Å². The average Bonchev–Trinajstić information content (AvgIpc) is 2.13. The highest BCUT2D eigenvalue weighted by Crippen LogP contribution is 2.26. The second-order valence-corrected chi connectivity index (χ2v) is 4.44. The molecule has 0 fully saturated rings. The van der Waals surface area contributed by atoms with Gasteiger partial charge in [-0.05, 0) is 12.1 Å².